The van der Waals surface area contributed by atoms with Crippen LogP contribution in [0.2, 0.25) is 10.0 Å². The Bertz CT molecular complexity index is 898. The number of carbonyl (C=O) groups is 1. The molecule has 1 atom stereocenters. The van der Waals surface area contributed by atoms with Gasteiger partial charge < -0.3 is 9.47 Å². The highest BCUT2D eigenvalue weighted by Gasteiger charge is 2.27. The molecule has 0 aliphatic heterocycles. The zero-order chi connectivity index (χ0) is 21.2. The van der Waals surface area contributed by atoms with E-state index in [1.54, 1.807) is 40.1 Å². The molecule has 0 fully saturated rings. The summed E-state index contributed by atoms with van der Waals surface area (Å²) >= 11 is 13.8. The van der Waals surface area contributed by atoms with Crippen LogP contribution in [0.5, 0.6) is 5.88 Å². The summed E-state index contributed by atoms with van der Waals surface area (Å²) in [5, 5.41) is 1.58. The summed E-state index contributed by atoms with van der Waals surface area (Å²) in [4.78, 5) is 25.3. The molecular weight excluding hydrogens is 433 g/mol. The molecule has 0 N–H and O–H groups in total. The van der Waals surface area contributed by atoms with E-state index in [1.807, 2.05) is 0 Å². The molecule has 0 aromatic carbocycles. The van der Waals surface area contributed by atoms with E-state index in [-0.39, 0.29) is 5.97 Å². The van der Waals surface area contributed by atoms with Crippen LogP contribution >= 0.6 is 35.0 Å². The number of hydrogen-bond acceptors (Lipinski definition) is 7. The predicted octanol–water partition coefficient (Wildman–Crippen LogP) is 5.27. The average molecular weight is 456 g/mol. The third-order valence-electron chi connectivity index (χ3n) is 4.34. The van der Waals surface area contributed by atoms with Crippen LogP contribution in [-0.4, -0.2) is 27.2 Å². The van der Waals surface area contributed by atoms with Crippen molar-refractivity contribution >= 4 is 40.9 Å². The van der Waals surface area contributed by atoms with E-state index >= 15 is 0 Å². The average Bonchev–Trinajstić information content (AvgIpc) is 3.09. The van der Waals surface area contributed by atoms with Crippen molar-refractivity contribution in [2.24, 2.45) is 5.41 Å². The monoisotopic (exact) mass is 455 g/mol. The molecular formula is C20H23Cl2N3O3S. The Morgan fingerprint density at radius 2 is 1.90 bits per heavy atom. The fourth-order valence-electron chi connectivity index (χ4n) is 2.76. The van der Waals surface area contributed by atoms with Gasteiger partial charge in [-0.15, -0.1) is 0 Å². The minimum absolute atomic E-state index is 0.327. The zero-order valence-corrected chi connectivity index (χ0v) is 19.1. The highest BCUT2D eigenvalue weighted by atomic mass is 35.5. The number of ether oxygens (including phenoxy) is 2. The Morgan fingerprint density at radius 1 is 1.21 bits per heavy atom. The van der Waals surface area contributed by atoms with Crippen LogP contribution in [-0.2, 0) is 28.1 Å². The molecule has 2 heterocycles. The molecule has 1 unspecified atom stereocenters. The third kappa shape index (κ3) is 5.53. The molecule has 29 heavy (non-hydrogen) atoms. The number of carbonyl (C=O) groups excluding carboxylic acids is 1. The van der Waals surface area contributed by atoms with Gasteiger partial charge in [-0.2, -0.15) is 4.98 Å². The topological polar surface area (TPSA) is 74.2 Å². The number of esters is 1. The first kappa shape index (κ1) is 22.1. The third-order valence-corrected chi connectivity index (χ3v) is 5.86. The fourth-order valence-corrected chi connectivity index (χ4v) is 4.32. The molecule has 156 valence electrons. The number of rotatable bonds is 6. The molecule has 2 aromatic heterocycles. The molecule has 1 aliphatic carbocycles. The van der Waals surface area contributed by atoms with Gasteiger partial charge in [0.2, 0.25) is 12.2 Å². The van der Waals surface area contributed by atoms with Gasteiger partial charge >= 0.3 is 5.97 Å². The molecule has 0 amide bonds. The maximum atomic E-state index is 12.1. The van der Waals surface area contributed by atoms with Crippen LogP contribution in [0.3, 0.4) is 0 Å². The second-order valence-electron chi connectivity index (χ2n) is 7.80. The standard InChI is InChI=1S/C20H23Cl2N3O3S/c1-11(28-18(26)20(2,3)4)27-17-12-6-5-7-16(12)24-19(25-17)29-10-13-14(21)8-23-9-15(13)22/h8-9,11H,5-7,10H2,1-4H3. The van der Waals surface area contributed by atoms with Crippen LogP contribution in [0.4, 0.5) is 0 Å². The first-order valence-electron chi connectivity index (χ1n) is 9.33. The predicted molar refractivity (Wildman–Crippen MR) is 114 cm³/mol. The number of thioether (sulfide) groups is 1. The van der Waals surface area contributed by atoms with Crippen LogP contribution in [0.1, 0.15) is 50.9 Å². The number of nitrogens with zero attached hydrogens (tertiary/aromatic N) is 3. The van der Waals surface area contributed by atoms with Crippen molar-refractivity contribution in [3.8, 4) is 5.88 Å². The number of halogens is 2. The smallest absolute Gasteiger partial charge is 0.314 e. The molecule has 2 aromatic rings. The summed E-state index contributed by atoms with van der Waals surface area (Å²) < 4.78 is 11.3. The molecule has 9 heteroatoms. The van der Waals surface area contributed by atoms with Crippen molar-refractivity contribution in [3.63, 3.8) is 0 Å². The van der Waals surface area contributed by atoms with Gasteiger partial charge in [0.15, 0.2) is 5.16 Å². The maximum Gasteiger partial charge on any atom is 0.314 e. The summed E-state index contributed by atoms with van der Waals surface area (Å²) in [7, 11) is 0. The highest BCUT2D eigenvalue weighted by Crippen LogP contribution is 2.34. The van der Waals surface area contributed by atoms with Crippen LogP contribution in [0.25, 0.3) is 0 Å². The van der Waals surface area contributed by atoms with Crippen LogP contribution < -0.4 is 4.74 Å². The molecule has 3 rings (SSSR count). The first-order chi connectivity index (χ1) is 13.6. The van der Waals surface area contributed by atoms with Gasteiger partial charge in [0.05, 0.1) is 21.2 Å². The lowest BCUT2D eigenvalue weighted by molar-refractivity contribution is -0.171. The van der Waals surface area contributed by atoms with Gasteiger partial charge in [-0.25, -0.2) is 4.98 Å². The lowest BCUT2D eigenvalue weighted by atomic mass is 9.97. The number of aryl methyl sites for hydroxylation is 1. The van der Waals surface area contributed by atoms with E-state index in [0.717, 1.165) is 36.1 Å². The summed E-state index contributed by atoms with van der Waals surface area (Å²) in [6, 6.07) is 0. The summed E-state index contributed by atoms with van der Waals surface area (Å²) in [6.45, 7) is 7.09. The summed E-state index contributed by atoms with van der Waals surface area (Å²) in [6.07, 6.45) is 5.08. The van der Waals surface area contributed by atoms with Gasteiger partial charge in [-0.05, 0) is 40.0 Å². The first-order valence-corrected chi connectivity index (χ1v) is 11.1. The molecule has 0 saturated heterocycles. The molecule has 6 nitrogen and oxygen atoms in total. The Morgan fingerprint density at radius 3 is 2.55 bits per heavy atom. The van der Waals surface area contributed by atoms with Crippen LogP contribution in [0.15, 0.2) is 17.6 Å². The van der Waals surface area contributed by atoms with E-state index in [0.29, 0.717) is 26.8 Å². The zero-order valence-electron chi connectivity index (χ0n) is 16.8. The van der Waals surface area contributed by atoms with E-state index in [9.17, 15) is 4.79 Å². The highest BCUT2D eigenvalue weighted by molar-refractivity contribution is 7.98. The van der Waals surface area contributed by atoms with Crippen molar-refractivity contribution in [1.82, 2.24) is 15.0 Å². The van der Waals surface area contributed by atoms with Crippen molar-refractivity contribution in [2.45, 2.75) is 64.2 Å². The van der Waals surface area contributed by atoms with Crippen LogP contribution in [0, 0.1) is 5.41 Å². The van der Waals surface area contributed by atoms with E-state index < -0.39 is 11.7 Å². The van der Waals surface area contributed by atoms with E-state index in [4.69, 9.17) is 32.7 Å². The van der Waals surface area contributed by atoms with Gasteiger partial charge in [0.25, 0.3) is 0 Å². The Balaban J connectivity index is 1.76. The lowest BCUT2D eigenvalue weighted by Gasteiger charge is -2.22. The van der Waals surface area contributed by atoms with E-state index in [1.165, 1.54) is 11.8 Å². The number of aromatic nitrogens is 3. The molecule has 0 radical (unpaired) electrons. The Kier molecular flexibility index (Phi) is 6.91. The lowest BCUT2D eigenvalue weighted by Crippen LogP contribution is -2.30. The second kappa shape index (κ2) is 9.06. The van der Waals surface area contributed by atoms with Crippen molar-refractivity contribution < 1.29 is 14.3 Å². The summed E-state index contributed by atoms with van der Waals surface area (Å²) in [5.41, 5.74) is 2.13. The minimum atomic E-state index is -0.747. The van der Waals surface area contributed by atoms with Gasteiger partial charge in [-0.3, -0.25) is 9.78 Å². The Labute approximate surface area is 184 Å². The summed E-state index contributed by atoms with van der Waals surface area (Å²) in [5.74, 6) is 0.649. The van der Waals surface area contributed by atoms with Crippen molar-refractivity contribution in [2.75, 3.05) is 0 Å². The molecule has 0 bridgehead atoms. The number of fused-ring (bicyclic) bond motifs is 1. The van der Waals surface area contributed by atoms with Gasteiger partial charge in [0, 0.05) is 36.2 Å². The SMILES string of the molecule is CC(OC(=O)C(C)(C)C)Oc1nc(SCc2c(Cl)cncc2Cl)nc2c1CCC2. The largest absolute Gasteiger partial charge is 0.437 e. The molecule has 0 spiro atoms. The molecule has 1 aliphatic rings. The van der Waals surface area contributed by atoms with E-state index in [2.05, 4.69) is 15.0 Å². The maximum absolute atomic E-state index is 12.1. The quantitative estimate of drug-likeness (QED) is 0.254. The van der Waals surface area contributed by atoms with Gasteiger partial charge in [0.1, 0.15) is 0 Å². The number of hydrogen-bond donors (Lipinski definition) is 0. The van der Waals surface area contributed by atoms with Crippen molar-refractivity contribution in [3.05, 3.63) is 39.3 Å². The normalized spacial score (nSPS) is 14.4. The molecule has 0 saturated carbocycles. The Hall–Kier alpha value is -1.57. The van der Waals surface area contributed by atoms with Gasteiger partial charge in [-0.1, -0.05) is 35.0 Å². The van der Waals surface area contributed by atoms with Crippen molar-refractivity contribution in [1.29, 1.82) is 0 Å². The fraction of sp³-hybridized carbons (Fsp3) is 0.500. The second-order valence-corrected chi connectivity index (χ2v) is 9.56. The minimum Gasteiger partial charge on any atom is -0.437 e. The number of pyridine rings is 1.